The highest BCUT2D eigenvalue weighted by atomic mass is 35.5. The molecule has 3 rings (SSSR count). The first-order valence-corrected chi connectivity index (χ1v) is 6.71. The second-order valence-electron chi connectivity index (χ2n) is 5.15. The molecule has 104 valence electrons. The van der Waals surface area contributed by atoms with Gasteiger partial charge in [0.1, 0.15) is 0 Å². The number of aliphatic hydroxyl groups excluding tert-OH is 1. The Hall–Kier alpha value is -0.980. The number of aliphatic hydroxyl groups is 1. The van der Waals surface area contributed by atoms with Crippen molar-refractivity contribution in [3.05, 3.63) is 17.3 Å². The highest BCUT2D eigenvalue weighted by Gasteiger charge is 2.45. The monoisotopic (exact) mass is 287 g/mol. The lowest BCUT2D eigenvalue weighted by Gasteiger charge is -2.51. The van der Waals surface area contributed by atoms with Crippen molar-refractivity contribution < 1.29 is 14.2 Å². The molecule has 1 aromatic rings. The Labute approximate surface area is 115 Å². The predicted molar refractivity (Wildman–Crippen MR) is 67.8 cm³/mol. The van der Waals surface area contributed by atoms with Crippen LogP contribution in [0.1, 0.15) is 19.3 Å². The number of nitrogens with zero attached hydrogens (tertiary/aromatic N) is 3. The molecule has 1 unspecified atom stereocenters. The fourth-order valence-electron chi connectivity index (χ4n) is 2.75. The van der Waals surface area contributed by atoms with Gasteiger partial charge in [0.25, 0.3) is 0 Å². The van der Waals surface area contributed by atoms with E-state index in [1.54, 1.807) is 4.90 Å². The molecule has 1 saturated carbocycles. The smallest absolute Gasteiger partial charge is 0.224 e. The minimum atomic E-state index is -0.502. The van der Waals surface area contributed by atoms with E-state index >= 15 is 0 Å². The van der Waals surface area contributed by atoms with Crippen molar-refractivity contribution in [2.24, 2.45) is 0 Å². The standard InChI is InChI=1S/C12H15ClFN3O2/c13-11-15-4-9(14)10(16-11)17-5-8(6-18)19-12(7-17)2-1-3-12/h4,8,18H,1-3,5-7H2. The van der Waals surface area contributed by atoms with E-state index in [0.29, 0.717) is 13.1 Å². The van der Waals surface area contributed by atoms with E-state index in [0.717, 1.165) is 25.5 Å². The van der Waals surface area contributed by atoms with Gasteiger partial charge >= 0.3 is 0 Å². The average Bonchev–Trinajstić information content (AvgIpc) is 2.39. The lowest BCUT2D eigenvalue weighted by molar-refractivity contribution is -0.159. The quantitative estimate of drug-likeness (QED) is 0.833. The van der Waals surface area contributed by atoms with E-state index in [1.165, 1.54) is 0 Å². The molecule has 0 radical (unpaired) electrons. The zero-order valence-electron chi connectivity index (χ0n) is 10.4. The molecule has 1 saturated heterocycles. The largest absolute Gasteiger partial charge is 0.394 e. The van der Waals surface area contributed by atoms with Gasteiger partial charge in [-0.25, -0.2) is 9.37 Å². The van der Waals surface area contributed by atoms with Crippen LogP contribution in [0.4, 0.5) is 10.2 Å². The molecule has 5 nitrogen and oxygen atoms in total. The van der Waals surface area contributed by atoms with E-state index in [4.69, 9.17) is 16.3 Å². The Morgan fingerprint density at radius 2 is 2.37 bits per heavy atom. The van der Waals surface area contributed by atoms with E-state index in [2.05, 4.69) is 9.97 Å². The molecule has 2 fully saturated rings. The molecule has 2 heterocycles. The molecule has 1 N–H and O–H groups in total. The van der Waals surface area contributed by atoms with E-state index in [1.807, 2.05) is 0 Å². The number of rotatable bonds is 2. The minimum absolute atomic E-state index is 0.0195. The molecule has 19 heavy (non-hydrogen) atoms. The third-order valence-electron chi connectivity index (χ3n) is 3.78. The van der Waals surface area contributed by atoms with Crippen molar-refractivity contribution in [2.45, 2.75) is 31.0 Å². The Balaban J connectivity index is 1.88. The van der Waals surface area contributed by atoms with Crippen molar-refractivity contribution >= 4 is 17.4 Å². The van der Waals surface area contributed by atoms with Crippen LogP contribution >= 0.6 is 11.6 Å². The number of morpholine rings is 1. The van der Waals surface area contributed by atoms with Crippen LogP contribution < -0.4 is 4.90 Å². The Morgan fingerprint density at radius 3 is 3.00 bits per heavy atom. The third kappa shape index (κ3) is 2.40. The van der Waals surface area contributed by atoms with Crippen molar-refractivity contribution in [2.75, 3.05) is 24.6 Å². The van der Waals surface area contributed by atoms with Gasteiger partial charge in [-0.1, -0.05) is 0 Å². The molecule has 0 amide bonds. The molecule has 0 bridgehead atoms. The summed E-state index contributed by atoms with van der Waals surface area (Å²) in [5.41, 5.74) is -0.268. The maximum absolute atomic E-state index is 13.8. The third-order valence-corrected chi connectivity index (χ3v) is 3.97. The number of halogens is 2. The van der Waals surface area contributed by atoms with Gasteiger partial charge in [-0.15, -0.1) is 0 Å². The molecule has 2 aliphatic rings. The highest BCUT2D eigenvalue weighted by Crippen LogP contribution is 2.41. The summed E-state index contributed by atoms with van der Waals surface area (Å²) in [5, 5.41) is 9.35. The fourth-order valence-corrected chi connectivity index (χ4v) is 2.88. The van der Waals surface area contributed by atoms with Crippen LogP contribution in [-0.2, 0) is 4.74 Å². The summed E-state index contributed by atoms with van der Waals surface area (Å²) in [7, 11) is 0. The number of ether oxygens (including phenoxy) is 1. The van der Waals surface area contributed by atoms with Crippen LogP contribution in [0.2, 0.25) is 5.28 Å². The molecule has 7 heteroatoms. The second kappa shape index (κ2) is 4.85. The SMILES string of the molecule is OCC1CN(c2nc(Cl)ncc2F)CC2(CCC2)O1. The van der Waals surface area contributed by atoms with Gasteiger partial charge in [0.2, 0.25) is 5.28 Å². The van der Waals surface area contributed by atoms with Gasteiger partial charge in [-0.2, -0.15) is 4.98 Å². The molecule has 1 aromatic heterocycles. The average molecular weight is 288 g/mol. The Kier molecular flexibility index (Phi) is 3.32. The molecule has 1 spiro atoms. The summed E-state index contributed by atoms with van der Waals surface area (Å²) in [5.74, 6) is -0.314. The summed E-state index contributed by atoms with van der Waals surface area (Å²) in [6, 6.07) is 0. The van der Waals surface area contributed by atoms with Gasteiger partial charge in [0, 0.05) is 13.1 Å². The van der Waals surface area contributed by atoms with Gasteiger partial charge in [-0.3, -0.25) is 0 Å². The van der Waals surface area contributed by atoms with Crippen LogP contribution in [0, 0.1) is 5.82 Å². The van der Waals surface area contributed by atoms with E-state index in [9.17, 15) is 9.50 Å². The zero-order chi connectivity index (χ0) is 13.5. The van der Waals surface area contributed by atoms with Gasteiger partial charge < -0.3 is 14.7 Å². The van der Waals surface area contributed by atoms with Gasteiger partial charge in [0.15, 0.2) is 11.6 Å². The van der Waals surface area contributed by atoms with Crippen LogP contribution in [-0.4, -0.2) is 46.5 Å². The van der Waals surface area contributed by atoms with Crippen molar-refractivity contribution in [1.29, 1.82) is 0 Å². The summed E-state index contributed by atoms with van der Waals surface area (Å²) in [6.07, 6.45) is 3.71. The summed E-state index contributed by atoms with van der Waals surface area (Å²) in [4.78, 5) is 9.37. The summed E-state index contributed by atoms with van der Waals surface area (Å²) < 4.78 is 19.7. The number of anilines is 1. The molecular weight excluding hydrogens is 273 g/mol. The van der Waals surface area contributed by atoms with E-state index < -0.39 is 5.82 Å². The maximum Gasteiger partial charge on any atom is 0.224 e. The van der Waals surface area contributed by atoms with Crippen LogP contribution in [0.3, 0.4) is 0 Å². The van der Waals surface area contributed by atoms with Crippen LogP contribution in [0.5, 0.6) is 0 Å². The topological polar surface area (TPSA) is 58.5 Å². The summed E-state index contributed by atoms with van der Waals surface area (Å²) >= 11 is 5.73. The van der Waals surface area contributed by atoms with E-state index in [-0.39, 0.29) is 29.4 Å². The van der Waals surface area contributed by atoms with Crippen molar-refractivity contribution in [3.8, 4) is 0 Å². The first kappa shape index (κ1) is 13.0. The fraction of sp³-hybridized carbons (Fsp3) is 0.667. The minimum Gasteiger partial charge on any atom is -0.394 e. The van der Waals surface area contributed by atoms with Gasteiger partial charge in [0.05, 0.1) is 24.5 Å². The molecular formula is C12H15ClFN3O2. The summed E-state index contributed by atoms with van der Waals surface area (Å²) in [6.45, 7) is 0.898. The molecule has 0 aromatic carbocycles. The predicted octanol–water partition coefficient (Wildman–Crippen LogP) is 1.39. The Bertz CT molecular complexity index is 484. The Morgan fingerprint density at radius 1 is 1.58 bits per heavy atom. The molecule has 1 aliphatic heterocycles. The first-order valence-electron chi connectivity index (χ1n) is 6.33. The first-order chi connectivity index (χ1) is 9.12. The van der Waals surface area contributed by atoms with Crippen LogP contribution in [0.25, 0.3) is 0 Å². The zero-order valence-corrected chi connectivity index (χ0v) is 11.1. The number of hydrogen-bond acceptors (Lipinski definition) is 5. The lowest BCUT2D eigenvalue weighted by Crippen LogP contribution is -2.60. The van der Waals surface area contributed by atoms with Crippen molar-refractivity contribution in [3.63, 3.8) is 0 Å². The van der Waals surface area contributed by atoms with Crippen molar-refractivity contribution in [1.82, 2.24) is 9.97 Å². The normalized spacial score (nSPS) is 25.4. The molecule has 1 atom stereocenters. The maximum atomic E-state index is 13.8. The van der Waals surface area contributed by atoms with Gasteiger partial charge in [-0.05, 0) is 30.9 Å². The number of aromatic nitrogens is 2. The molecule has 1 aliphatic carbocycles. The van der Waals surface area contributed by atoms with Crippen LogP contribution in [0.15, 0.2) is 6.20 Å². The number of hydrogen-bond donors (Lipinski definition) is 1. The lowest BCUT2D eigenvalue weighted by atomic mass is 9.78. The second-order valence-corrected chi connectivity index (χ2v) is 5.49. The highest BCUT2D eigenvalue weighted by molar-refractivity contribution is 6.28.